The van der Waals surface area contributed by atoms with Gasteiger partial charge in [0.2, 0.25) is 0 Å². The zero-order chi connectivity index (χ0) is 35.2. The monoisotopic (exact) mass is 698 g/mol. The molecule has 4 heterocycles. The lowest BCUT2D eigenvalue weighted by molar-refractivity contribution is 0.0906. The minimum Gasteiger partial charge on any atom is -0.356 e. The fourth-order valence-electron chi connectivity index (χ4n) is 7.01. The van der Waals surface area contributed by atoms with Crippen LogP contribution >= 0.6 is 11.6 Å². The number of carbonyl (C=O) groups excluding carboxylic acids is 2. The summed E-state index contributed by atoms with van der Waals surface area (Å²) in [4.78, 5) is 40.0. The molecule has 9 heteroatoms. The topological polar surface area (TPSA) is 90.5 Å². The van der Waals surface area contributed by atoms with Crippen molar-refractivity contribution in [3.8, 4) is 22.3 Å². The van der Waals surface area contributed by atoms with Gasteiger partial charge in [-0.1, -0.05) is 77.8 Å². The minimum absolute atomic E-state index is 0.0406. The van der Waals surface area contributed by atoms with E-state index < -0.39 is 0 Å². The van der Waals surface area contributed by atoms with Crippen LogP contribution in [0.4, 0.5) is 5.82 Å². The van der Waals surface area contributed by atoms with E-state index in [1.807, 2.05) is 73.1 Å². The molecule has 5 aromatic rings. The molecule has 2 N–H and O–H groups in total. The van der Waals surface area contributed by atoms with E-state index in [1.165, 1.54) is 11.1 Å². The van der Waals surface area contributed by atoms with E-state index >= 15 is 0 Å². The van der Waals surface area contributed by atoms with Crippen LogP contribution in [0.25, 0.3) is 22.3 Å². The van der Waals surface area contributed by atoms with Crippen LogP contribution in [0.1, 0.15) is 57.5 Å². The zero-order valence-electron chi connectivity index (χ0n) is 28.9. The Kier molecular flexibility index (Phi) is 10.7. The summed E-state index contributed by atoms with van der Waals surface area (Å²) < 4.78 is 0. The van der Waals surface area contributed by atoms with Gasteiger partial charge < -0.3 is 15.5 Å². The van der Waals surface area contributed by atoms with E-state index in [0.29, 0.717) is 16.1 Å². The number of hydrogen-bond donors (Lipinski definition) is 2. The lowest BCUT2D eigenvalue weighted by Crippen LogP contribution is -2.45. The summed E-state index contributed by atoms with van der Waals surface area (Å²) in [5, 5.41) is 6.96. The third-order valence-corrected chi connectivity index (χ3v) is 10.4. The largest absolute Gasteiger partial charge is 0.356 e. The molecular weight excluding hydrogens is 656 g/mol. The first-order valence-corrected chi connectivity index (χ1v) is 18.2. The molecule has 2 aromatic heterocycles. The molecule has 2 amide bonds. The lowest BCUT2D eigenvalue weighted by atomic mass is 10.0. The summed E-state index contributed by atoms with van der Waals surface area (Å²) in [5.41, 5.74) is 7.38. The Morgan fingerprint density at radius 1 is 0.745 bits per heavy atom. The van der Waals surface area contributed by atoms with Gasteiger partial charge in [0.25, 0.3) is 11.8 Å². The molecule has 0 bridgehead atoms. The summed E-state index contributed by atoms with van der Waals surface area (Å²) in [7, 11) is 0. The predicted octanol–water partition coefficient (Wildman–Crippen LogP) is 7.57. The first kappa shape index (κ1) is 34.4. The number of pyridine rings is 2. The smallest absolute Gasteiger partial charge is 0.253 e. The second-order valence-electron chi connectivity index (χ2n) is 13.6. The van der Waals surface area contributed by atoms with Crippen LogP contribution in [0.15, 0.2) is 110 Å². The SMILES string of the molecule is Cc1ccc(-c2cccc(C(=O)NC3CCN(Cc4ccc(N5CCC(NC(=O)c6cccc(-c7cccnc7)c6)CC5)nc4)CC3)c2Cl)cc1. The number of nitrogens with one attached hydrogen (secondary N) is 2. The number of hydrogen-bond acceptors (Lipinski definition) is 6. The average Bonchev–Trinajstić information content (AvgIpc) is 3.17. The van der Waals surface area contributed by atoms with Crippen LogP contribution in [0, 0.1) is 6.92 Å². The second kappa shape index (κ2) is 15.9. The number of likely N-dealkylation sites (tertiary alicyclic amines) is 1. The Hall–Kier alpha value is -5.05. The lowest BCUT2D eigenvalue weighted by Gasteiger charge is -2.34. The highest BCUT2D eigenvalue weighted by Gasteiger charge is 2.25. The van der Waals surface area contributed by atoms with Gasteiger partial charge in [-0.25, -0.2) is 4.98 Å². The fourth-order valence-corrected chi connectivity index (χ4v) is 7.33. The van der Waals surface area contributed by atoms with E-state index in [1.54, 1.807) is 12.3 Å². The van der Waals surface area contributed by atoms with Crippen molar-refractivity contribution >= 4 is 29.2 Å². The van der Waals surface area contributed by atoms with Gasteiger partial charge in [0.15, 0.2) is 0 Å². The maximum atomic E-state index is 13.2. The molecule has 7 rings (SSSR count). The quantitative estimate of drug-likeness (QED) is 0.165. The first-order valence-electron chi connectivity index (χ1n) is 17.8. The second-order valence-corrected chi connectivity index (χ2v) is 14.0. The number of carbonyl (C=O) groups is 2. The van der Waals surface area contributed by atoms with Crippen molar-refractivity contribution in [1.29, 1.82) is 0 Å². The molecule has 0 radical (unpaired) electrons. The van der Waals surface area contributed by atoms with Crippen LogP contribution in [-0.2, 0) is 6.54 Å². The highest BCUT2D eigenvalue weighted by molar-refractivity contribution is 6.36. The Morgan fingerprint density at radius 3 is 2.16 bits per heavy atom. The summed E-state index contributed by atoms with van der Waals surface area (Å²) in [6.45, 7) is 6.36. The summed E-state index contributed by atoms with van der Waals surface area (Å²) in [5.74, 6) is 0.811. The van der Waals surface area contributed by atoms with Gasteiger partial charge in [0, 0.05) is 80.1 Å². The third-order valence-electron chi connectivity index (χ3n) is 10.0. The third kappa shape index (κ3) is 8.47. The zero-order valence-corrected chi connectivity index (χ0v) is 29.7. The number of nitrogens with zero attached hydrogens (tertiary/aromatic N) is 4. The standard InChI is InChI=1S/C42H43ClN6O2/c1-29-10-13-31(14-11-29)37-8-3-9-38(40(37)43)42(51)47-35-16-21-48(22-17-35)28-30-12-15-39(45-26-30)49-23-18-36(19-24-49)46-41(50)33-6-2-5-32(25-33)34-7-4-20-44-27-34/h2-15,20,25-27,35-36H,16-19,21-24,28H2,1H3,(H,46,50)(H,47,51). The average molecular weight is 699 g/mol. The summed E-state index contributed by atoms with van der Waals surface area (Å²) >= 11 is 6.74. The number of halogens is 1. The van der Waals surface area contributed by atoms with Gasteiger partial charge in [-0.3, -0.25) is 19.5 Å². The molecule has 2 aliphatic heterocycles. The van der Waals surface area contributed by atoms with Crippen LogP contribution in [0.5, 0.6) is 0 Å². The number of amides is 2. The Bertz CT molecular complexity index is 1950. The maximum absolute atomic E-state index is 13.2. The predicted molar refractivity (Wildman–Crippen MR) is 204 cm³/mol. The van der Waals surface area contributed by atoms with Crippen molar-refractivity contribution in [3.63, 3.8) is 0 Å². The molecule has 2 saturated heterocycles. The van der Waals surface area contributed by atoms with Gasteiger partial charge in [0.1, 0.15) is 5.82 Å². The number of aryl methyl sites for hydroxylation is 1. The van der Waals surface area contributed by atoms with Crippen molar-refractivity contribution in [1.82, 2.24) is 25.5 Å². The number of rotatable bonds is 9. The molecule has 2 aliphatic rings. The number of benzene rings is 3. The highest BCUT2D eigenvalue weighted by Crippen LogP contribution is 2.31. The molecule has 51 heavy (non-hydrogen) atoms. The van der Waals surface area contributed by atoms with Crippen molar-refractivity contribution in [2.75, 3.05) is 31.1 Å². The summed E-state index contributed by atoms with van der Waals surface area (Å²) in [6.07, 6.45) is 9.04. The van der Waals surface area contributed by atoms with Crippen molar-refractivity contribution in [2.45, 2.75) is 51.2 Å². The fraction of sp³-hybridized carbons (Fsp3) is 0.286. The number of aromatic nitrogens is 2. The highest BCUT2D eigenvalue weighted by atomic mass is 35.5. The minimum atomic E-state index is -0.120. The molecule has 0 saturated carbocycles. The Balaban J connectivity index is 0.851. The van der Waals surface area contributed by atoms with Crippen LogP contribution < -0.4 is 15.5 Å². The first-order chi connectivity index (χ1) is 24.9. The molecule has 3 aromatic carbocycles. The van der Waals surface area contributed by atoms with Crippen LogP contribution in [0.3, 0.4) is 0 Å². The summed E-state index contributed by atoms with van der Waals surface area (Å²) in [6, 6.07) is 30.0. The van der Waals surface area contributed by atoms with Crippen molar-refractivity contribution in [3.05, 3.63) is 137 Å². The van der Waals surface area contributed by atoms with E-state index in [-0.39, 0.29) is 23.9 Å². The van der Waals surface area contributed by atoms with Gasteiger partial charge in [-0.2, -0.15) is 0 Å². The molecule has 0 unspecified atom stereocenters. The van der Waals surface area contributed by atoms with E-state index in [2.05, 4.69) is 56.6 Å². The molecule has 260 valence electrons. The molecular formula is C42H43ClN6O2. The number of anilines is 1. The molecule has 8 nitrogen and oxygen atoms in total. The van der Waals surface area contributed by atoms with Gasteiger partial charge in [0.05, 0.1) is 10.6 Å². The van der Waals surface area contributed by atoms with Crippen LogP contribution in [0.2, 0.25) is 5.02 Å². The van der Waals surface area contributed by atoms with Crippen molar-refractivity contribution in [2.24, 2.45) is 0 Å². The Morgan fingerprint density at radius 2 is 1.45 bits per heavy atom. The molecule has 0 aliphatic carbocycles. The van der Waals surface area contributed by atoms with Crippen LogP contribution in [-0.4, -0.2) is 64.9 Å². The molecule has 2 fully saturated rings. The van der Waals surface area contributed by atoms with Gasteiger partial charge >= 0.3 is 0 Å². The van der Waals surface area contributed by atoms with E-state index in [9.17, 15) is 9.59 Å². The van der Waals surface area contributed by atoms with Crippen molar-refractivity contribution < 1.29 is 9.59 Å². The normalized spacial score (nSPS) is 15.8. The number of piperidine rings is 2. The molecule has 0 atom stereocenters. The van der Waals surface area contributed by atoms with E-state index in [0.717, 1.165) is 86.5 Å². The van der Waals surface area contributed by atoms with Gasteiger partial charge in [-0.05, 0) is 79.6 Å². The Labute approximate surface area is 304 Å². The van der Waals surface area contributed by atoms with E-state index in [4.69, 9.17) is 16.6 Å². The maximum Gasteiger partial charge on any atom is 0.253 e. The van der Waals surface area contributed by atoms with Gasteiger partial charge in [-0.15, -0.1) is 0 Å². The molecule has 0 spiro atoms.